The maximum atomic E-state index is 10.7. The summed E-state index contributed by atoms with van der Waals surface area (Å²) in [6, 6.07) is 6.88. The molecule has 0 aliphatic carbocycles. The van der Waals surface area contributed by atoms with Crippen LogP contribution in [0.5, 0.6) is 0 Å². The van der Waals surface area contributed by atoms with Crippen LogP contribution in [0.4, 0.5) is 5.69 Å². The topological polar surface area (TPSA) is 40.3 Å². The molecule has 0 amide bonds. The van der Waals surface area contributed by atoms with Crippen molar-refractivity contribution in [1.29, 1.82) is 0 Å². The number of hydrogen-bond donors (Lipinski definition) is 1. The van der Waals surface area contributed by atoms with Gasteiger partial charge in [-0.25, -0.2) is 0 Å². The van der Waals surface area contributed by atoms with E-state index in [0.29, 0.717) is 16.3 Å². The Morgan fingerprint density at radius 3 is 2.38 bits per heavy atom. The Morgan fingerprint density at radius 1 is 1.46 bits per heavy atom. The van der Waals surface area contributed by atoms with Crippen LogP contribution in [0.2, 0.25) is 0 Å². The summed E-state index contributed by atoms with van der Waals surface area (Å²) >= 11 is 4.40. The number of aliphatic hydroxyl groups is 1. The van der Waals surface area contributed by atoms with E-state index in [0.717, 1.165) is 5.56 Å². The van der Waals surface area contributed by atoms with Gasteiger partial charge in [0.2, 0.25) is 5.69 Å². The third-order valence-electron chi connectivity index (χ3n) is 1.68. The van der Waals surface area contributed by atoms with Gasteiger partial charge in [0.1, 0.15) is 0 Å². The van der Waals surface area contributed by atoms with Crippen molar-refractivity contribution < 1.29 is 9.27 Å². The Morgan fingerprint density at radius 2 is 2.00 bits per heavy atom. The standard InChI is InChI=1S/C9H11NO2S/c1-7(11)6-8-2-4-9(5-3-8)10(12)13/h2-5,7,11H,6H2,1H3. The Labute approximate surface area is 82.5 Å². The van der Waals surface area contributed by atoms with E-state index in [-0.39, 0.29) is 6.10 Å². The number of nitroso groups, excluding NO2 is 1. The first-order chi connectivity index (χ1) is 6.09. The van der Waals surface area contributed by atoms with Crippen molar-refractivity contribution in [2.45, 2.75) is 19.4 Å². The summed E-state index contributed by atoms with van der Waals surface area (Å²) in [5.74, 6) is 0. The van der Waals surface area contributed by atoms with E-state index in [4.69, 9.17) is 5.11 Å². The van der Waals surface area contributed by atoms with Crippen LogP contribution in [0.25, 0.3) is 0 Å². The second-order valence-corrected chi connectivity index (χ2v) is 3.31. The number of hydrogen-bond acceptors (Lipinski definition) is 3. The molecular weight excluding hydrogens is 186 g/mol. The van der Waals surface area contributed by atoms with Gasteiger partial charge in [-0.1, -0.05) is 16.3 Å². The monoisotopic (exact) mass is 197 g/mol. The number of rotatable bonds is 3. The quantitative estimate of drug-likeness (QED) is 0.589. The molecule has 70 valence electrons. The Kier molecular flexibility index (Phi) is 3.33. The average molecular weight is 197 g/mol. The molecule has 4 heteroatoms. The smallest absolute Gasteiger partial charge is 0.237 e. The third-order valence-corrected chi connectivity index (χ3v) is 1.89. The predicted molar refractivity (Wildman–Crippen MR) is 52.5 cm³/mol. The van der Waals surface area contributed by atoms with Gasteiger partial charge in [0.15, 0.2) is 0 Å². The maximum Gasteiger partial charge on any atom is 0.237 e. The van der Waals surface area contributed by atoms with Crippen molar-refractivity contribution in [3.63, 3.8) is 0 Å². The fourth-order valence-corrected chi connectivity index (χ4v) is 1.22. The first-order valence-electron chi connectivity index (χ1n) is 4.01. The molecule has 0 aromatic heterocycles. The molecule has 0 aliphatic heterocycles. The van der Waals surface area contributed by atoms with Gasteiger partial charge in [-0.3, -0.25) is 0 Å². The highest BCUT2D eigenvalue weighted by atomic mass is 32.1. The molecule has 3 nitrogen and oxygen atoms in total. The molecule has 1 aromatic rings. The molecule has 0 fully saturated rings. The molecule has 1 aromatic carbocycles. The van der Waals surface area contributed by atoms with Crippen LogP contribution in [0, 0.1) is 4.91 Å². The van der Waals surface area contributed by atoms with Crippen molar-refractivity contribution in [3.05, 3.63) is 34.7 Å². The highest BCUT2D eigenvalue weighted by Gasteiger charge is 2.02. The first-order valence-corrected chi connectivity index (χ1v) is 4.37. The molecule has 0 aliphatic rings. The van der Waals surface area contributed by atoms with Crippen LogP contribution in [0.15, 0.2) is 24.3 Å². The van der Waals surface area contributed by atoms with Crippen LogP contribution in [-0.4, -0.2) is 15.4 Å². The van der Waals surface area contributed by atoms with Gasteiger partial charge in [0.05, 0.1) is 6.10 Å². The largest absolute Gasteiger partial charge is 0.393 e. The van der Waals surface area contributed by atoms with Gasteiger partial charge in [0.25, 0.3) is 0 Å². The molecule has 1 rings (SSSR count). The molecular formula is C9H11NO2S. The molecule has 0 heterocycles. The van der Waals surface area contributed by atoms with E-state index in [1.807, 2.05) is 0 Å². The van der Waals surface area contributed by atoms with E-state index in [2.05, 4.69) is 12.8 Å². The lowest BCUT2D eigenvalue weighted by molar-refractivity contribution is -0.262. The van der Waals surface area contributed by atoms with Crippen LogP contribution in [0.1, 0.15) is 12.5 Å². The van der Waals surface area contributed by atoms with Gasteiger partial charge in [-0.05, 0) is 18.9 Å². The minimum Gasteiger partial charge on any atom is -0.393 e. The SMILES string of the molecule is CC(O)Cc1ccc([N+](=O)[S-])cc1. The van der Waals surface area contributed by atoms with Gasteiger partial charge in [-0.15, -0.1) is 0 Å². The zero-order valence-corrected chi connectivity index (χ0v) is 8.12. The summed E-state index contributed by atoms with van der Waals surface area (Å²) in [6.07, 6.45) is 0.231. The summed E-state index contributed by atoms with van der Waals surface area (Å²) in [5, 5.41) is 9.09. The highest BCUT2D eigenvalue weighted by molar-refractivity contribution is 7.51. The molecule has 0 bridgehead atoms. The molecule has 0 radical (unpaired) electrons. The summed E-state index contributed by atoms with van der Waals surface area (Å²) in [6.45, 7) is 1.72. The lowest BCUT2D eigenvalue weighted by Crippen LogP contribution is -2.03. The fourth-order valence-electron chi connectivity index (χ4n) is 1.09. The Balaban J connectivity index is 2.75. The lowest BCUT2D eigenvalue weighted by atomic mass is 10.1. The van der Waals surface area contributed by atoms with E-state index in [1.165, 1.54) is 0 Å². The van der Waals surface area contributed by atoms with E-state index in [1.54, 1.807) is 31.2 Å². The van der Waals surface area contributed by atoms with Gasteiger partial charge in [0, 0.05) is 17.0 Å². The van der Waals surface area contributed by atoms with Gasteiger partial charge >= 0.3 is 0 Å². The molecule has 13 heavy (non-hydrogen) atoms. The second-order valence-electron chi connectivity index (χ2n) is 2.98. The number of aliphatic hydroxyl groups excluding tert-OH is 1. The van der Waals surface area contributed by atoms with E-state index < -0.39 is 0 Å². The fraction of sp³-hybridized carbons (Fsp3) is 0.333. The molecule has 1 N–H and O–H groups in total. The molecule has 0 spiro atoms. The summed E-state index contributed by atoms with van der Waals surface area (Å²) < 4.78 is 0.395. The summed E-state index contributed by atoms with van der Waals surface area (Å²) in [5.41, 5.74) is 1.44. The predicted octanol–water partition coefficient (Wildman–Crippen LogP) is 1.48. The van der Waals surface area contributed by atoms with Crippen molar-refractivity contribution in [3.8, 4) is 0 Å². The molecule has 0 saturated heterocycles. The first kappa shape index (κ1) is 10.1. The van der Waals surface area contributed by atoms with Crippen LogP contribution in [0.3, 0.4) is 0 Å². The minimum atomic E-state index is -0.363. The molecule has 0 saturated carbocycles. The van der Waals surface area contributed by atoms with E-state index in [9.17, 15) is 4.91 Å². The maximum absolute atomic E-state index is 10.7. The number of benzene rings is 1. The van der Waals surface area contributed by atoms with Crippen LogP contribution in [-0.2, 0) is 19.2 Å². The average Bonchev–Trinajstić information content (AvgIpc) is 2.04. The van der Waals surface area contributed by atoms with Crippen molar-refractivity contribution in [2.24, 2.45) is 0 Å². The lowest BCUT2D eigenvalue weighted by Gasteiger charge is -2.03. The Bertz CT molecular complexity index is 295. The normalized spacial score (nSPS) is 12.5. The minimum absolute atomic E-state index is 0.363. The van der Waals surface area contributed by atoms with E-state index >= 15 is 0 Å². The summed E-state index contributed by atoms with van der Waals surface area (Å²) in [4.78, 5) is 10.7. The summed E-state index contributed by atoms with van der Waals surface area (Å²) in [7, 11) is 0. The van der Waals surface area contributed by atoms with Crippen molar-refractivity contribution >= 4 is 18.5 Å². The van der Waals surface area contributed by atoms with Crippen LogP contribution < -0.4 is 0 Å². The zero-order chi connectivity index (χ0) is 9.84. The molecule has 1 atom stereocenters. The van der Waals surface area contributed by atoms with Gasteiger partial charge in [-0.2, -0.15) is 0 Å². The zero-order valence-electron chi connectivity index (χ0n) is 7.30. The number of nitrogens with zero attached hydrogens (tertiary/aromatic N) is 1. The Hall–Kier alpha value is -1.00. The third kappa shape index (κ3) is 3.08. The van der Waals surface area contributed by atoms with Crippen molar-refractivity contribution in [1.82, 2.24) is 0 Å². The van der Waals surface area contributed by atoms with Crippen LogP contribution >= 0.6 is 0 Å². The van der Waals surface area contributed by atoms with Crippen molar-refractivity contribution in [2.75, 3.05) is 0 Å². The van der Waals surface area contributed by atoms with Gasteiger partial charge < -0.3 is 17.9 Å². The molecule has 1 unspecified atom stereocenters. The highest BCUT2D eigenvalue weighted by Crippen LogP contribution is 2.12. The second kappa shape index (κ2) is 4.30.